The van der Waals surface area contributed by atoms with Gasteiger partial charge in [-0.2, -0.15) is 0 Å². The minimum atomic E-state index is 0.239. The summed E-state index contributed by atoms with van der Waals surface area (Å²) < 4.78 is 5.48. The van der Waals surface area contributed by atoms with Crippen molar-refractivity contribution in [2.75, 3.05) is 20.2 Å². The maximum atomic E-state index is 6.06. The van der Waals surface area contributed by atoms with E-state index in [1.54, 1.807) is 7.11 Å². The van der Waals surface area contributed by atoms with E-state index in [0.29, 0.717) is 11.9 Å². The summed E-state index contributed by atoms with van der Waals surface area (Å²) in [6.07, 6.45) is 1.33. The molecule has 0 saturated carbocycles. The topological polar surface area (TPSA) is 50.9 Å². The van der Waals surface area contributed by atoms with Gasteiger partial charge in [0.15, 0.2) is 5.96 Å². The number of piperidine rings is 1. The highest BCUT2D eigenvalue weighted by atomic mass is 16.5. The Kier molecular flexibility index (Phi) is 4.20. The molecule has 0 spiro atoms. The predicted octanol–water partition coefficient (Wildman–Crippen LogP) is 1.99. The van der Waals surface area contributed by atoms with Crippen LogP contribution >= 0.6 is 0 Å². The zero-order chi connectivity index (χ0) is 13.0. The number of guanidine groups is 1. The van der Waals surface area contributed by atoms with Crippen molar-refractivity contribution in [3.8, 4) is 0 Å². The van der Waals surface area contributed by atoms with E-state index in [-0.39, 0.29) is 6.10 Å². The quantitative estimate of drug-likeness (QED) is 0.642. The van der Waals surface area contributed by atoms with Gasteiger partial charge in [0.2, 0.25) is 0 Å². The summed E-state index contributed by atoms with van der Waals surface area (Å²) in [5.74, 6) is 1.16. The summed E-state index contributed by atoms with van der Waals surface area (Å²) in [5, 5.41) is 0. The Labute approximate surface area is 108 Å². The fraction of sp³-hybridized carbons (Fsp3) is 0.500. The molecular weight excluding hydrogens is 226 g/mol. The standard InChI is InChI=1S/C14H21N3O/c1-11-8-9-17(10-13(11)18-2)14(15)16-12-6-4-3-5-7-12/h3-7,11,13H,8-10H2,1-2H3,(H2,15,16). The van der Waals surface area contributed by atoms with Crippen LogP contribution < -0.4 is 5.73 Å². The van der Waals surface area contributed by atoms with Crippen LogP contribution in [0.1, 0.15) is 13.3 Å². The number of rotatable bonds is 2. The van der Waals surface area contributed by atoms with Gasteiger partial charge in [-0.15, -0.1) is 0 Å². The van der Waals surface area contributed by atoms with Gasteiger partial charge in [-0.3, -0.25) is 0 Å². The molecule has 0 amide bonds. The second-order valence-corrected chi connectivity index (χ2v) is 4.79. The Morgan fingerprint density at radius 2 is 2.11 bits per heavy atom. The second kappa shape index (κ2) is 5.87. The van der Waals surface area contributed by atoms with Gasteiger partial charge >= 0.3 is 0 Å². The van der Waals surface area contributed by atoms with E-state index in [1.807, 2.05) is 30.3 Å². The third-order valence-corrected chi connectivity index (χ3v) is 3.52. The SMILES string of the molecule is COC1CN(C(N)=Nc2ccccc2)CCC1C. The second-order valence-electron chi connectivity index (χ2n) is 4.79. The van der Waals surface area contributed by atoms with E-state index in [1.165, 1.54) is 0 Å². The maximum Gasteiger partial charge on any atom is 0.196 e. The number of ether oxygens (including phenoxy) is 1. The van der Waals surface area contributed by atoms with E-state index >= 15 is 0 Å². The zero-order valence-corrected chi connectivity index (χ0v) is 11.0. The zero-order valence-electron chi connectivity index (χ0n) is 11.0. The van der Waals surface area contributed by atoms with E-state index in [0.717, 1.165) is 25.2 Å². The van der Waals surface area contributed by atoms with Gasteiger partial charge in [0, 0.05) is 20.2 Å². The van der Waals surface area contributed by atoms with Crippen LogP contribution in [0.2, 0.25) is 0 Å². The van der Waals surface area contributed by atoms with Crippen LogP contribution in [-0.4, -0.2) is 37.2 Å². The molecule has 0 aliphatic carbocycles. The lowest BCUT2D eigenvalue weighted by Gasteiger charge is -2.36. The number of para-hydroxylation sites is 1. The molecule has 0 bridgehead atoms. The van der Waals surface area contributed by atoms with Gasteiger partial charge in [-0.25, -0.2) is 4.99 Å². The Bertz CT molecular complexity index is 405. The molecule has 1 aromatic carbocycles. The largest absolute Gasteiger partial charge is 0.379 e. The number of benzene rings is 1. The molecule has 1 fully saturated rings. The van der Waals surface area contributed by atoms with Crippen molar-refractivity contribution in [3.05, 3.63) is 30.3 Å². The van der Waals surface area contributed by atoms with Crippen molar-refractivity contribution in [1.82, 2.24) is 4.90 Å². The van der Waals surface area contributed by atoms with Crippen molar-refractivity contribution >= 4 is 11.6 Å². The molecule has 1 aliphatic rings. The number of hydrogen-bond donors (Lipinski definition) is 1. The van der Waals surface area contributed by atoms with Crippen molar-refractivity contribution < 1.29 is 4.74 Å². The minimum Gasteiger partial charge on any atom is -0.379 e. The first-order chi connectivity index (χ1) is 8.70. The van der Waals surface area contributed by atoms with Crippen molar-refractivity contribution in [2.45, 2.75) is 19.4 Å². The molecule has 1 heterocycles. The molecule has 2 unspecified atom stereocenters. The lowest BCUT2D eigenvalue weighted by Crippen LogP contribution is -2.49. The molecule has 98 valence electrons. The van der Waals surface area contributed by atoms with E-state index < -0.39 is 0 Å². The van der Waals surface area contributed by atoms with Crippen molar-refractivity contribution in [2.24, 2.45) is 16.6 Å². The van der Waals surface area contributed by atoms with Crippen LogP contribution in [0.5, 0.6) is 0 Å². The maximum absolute atomic E-state index is 6.06. The van der Waals surface area contributed by atoms with Crippen LogP contribution in [0.3, 0.4) is 0 Å². The molecule has 18 heavy (non-hydrogen) atoms. The first-order valence-electron chi connectivity index (χ1n) is 6.37. The summed E-state index contributed by atoms with van der Waals surface area (Å²) in [5.41, 5.74) is 6.95. The fourth-order valence-corrected chi connectivity index (χ4v) is 2.25. The highest BCUT2D eigenvalue weighted by molar-refractivity contribution is 5.81. The van der Waals surface area contributed by atoms with Crippen LogP contribution in [-0.2, 0) is 4.74 Å². The lowest BCUT2D eigenvalue weighted by molar-refractivity contribution is 0.0146. The molecule has 2 atom stereocenters. The molecule has 4 nitrogen and oxygen atoms in total. The van der Waals surface area contributed by atoms with E-state index in [2.05, 4.69) is 16.8 Å². The Balaban J connectivity index is 2.05. The average Bonchev–Trinajstić information content (AvgIpc) is 2.40. The van der Waals surface area contributed by atoms with Crippen LogP contribution in [0.25, 0.3) is 0 Å². The number of methoxy groups -OCH3 is 1. The van der Waals surface area contributed by atoms with Gasteiger partial charge < -0.3 is 15.4 Å². The molecule has 4 heteroatoms. The Morgan fingerprint density at radius 3 is 2.78 bits per heavy atom. The van der Waals surface area contributed by atoms with Crippen LogP contribution in [0.4, 0.5) is 5.69 Å². The summed E-state index contributed by atoms with van der Waals surface area (Å²) in [7, 11) is 1.76. The molecular formula is C14H21N3O. The smallest absolute Gasteiger partial charge is 0.196 e. The third kappa shape index (κ3) is 3.01. The Morgan fingerprint density at radius 1 is 1.39 bits per heavy atom. The number of nitrogens with zero attached hydrogens (tertiary/aromatic N) is 2. The summed E-state index contributed by atoms with van der Waals surface area (Å²) in [4.78, 5) is 6.54. The highest BCUT2D eigenvalue weighted by Crippen LogP contribution is 2.20. The molecule has 1 saturated heterocycles. The van der Waals surface area contributed by atoms with Crippen molar-refractivity contribution in [1.29, 1.82) is 0 Å². The number of aliphatic imine (C=N–C) groups is 1. The van der Waals surface area contributed by atoms with Gasteiger partial charge in [0.05, 0.1) is 11.8 Å². The molecule has 2 N–H and O–H groups in total. The van der Waals surface area contributed by atoms with Gasteiger partial charge in [-0.1, -0.05) is 25.1 Å². The fourth-order valence-electron chi connectivity index (χ4n) is 2.25. The van der Waals surface area contributed by atoms with Crippen molar-refractivity contribution in [3.63, 3.8) is 0 Å². The molecule has 1 aromatic rings. The van der Waals surface area contributed by atoms with Crippen LogP contribution in [0.15, 0.2) is 35.3 Å². The lowest BCUT2D eigenvalue weighted by atomic mass is 9.96. The molecule has 2 rings (SSSR count). The van der Waals surface area contributed by atoms with E-state index in [4.69, 9.17) is 10.5 Å². The van der Waals surface area contributed by atoms with Gasteiger partial charge in [0.25, 0.3) is 0 Å². The van der Waals surface area contributed by atoms with Gasteiger partial charge in [0.1, 0.15) is 0 Å². The average molecular weight is 247 g/mol. The first kappa shape index (κ1) is 12.9. The molecule has 0 radical (unpaired) electrons. The number of nitrogens with two attached hydrogens (primary N) is 1. The van der Waals surface area contributed by atoms with E-state index in [9.17, 15) is 0 Å². The number of likely N-dealkylation sites (tertiary alicyclic amines) is 1. The molecule has 0 aromatic heterocycles. The summed E-state index contributed by atoms with van der Waals surface area (Å²) in [6, 6.07) is 9.80. The first-order valence-corrected chi connectivity index (χ1v) is 6.37. The number of hydrogen-bond acceptors (Lipinski definition) is 2. The summed E-state index contributed by atoms with van der Waals surface area (Å²) in [6.45, 7) is 3.99. The third-order valence-electron chi connectivity index (χ3n) is 3.52. The summed E-state index contributed by atoms with van der Waals surface area (Å²) >= 11 is 0. The normalized spacial score (nSPS) is 25.2. The minimum absolute atomic E-state index is 0.239. The Hall–Kier alpha value is -1.55. The van der Waals surface area contributed by atoms with Crippen LogP contribution in [0, 0.1) is 5.92 Å². The highest BCUT2D eigenvalue weighted by Gasteiger charge is 2.26. The molecule has 1 aliphatic heterocycles. The monoisotopic (exact) mass is 247 g/mol. The predicted molar refractivity (Wildman–Crippen MR) is 73.9 cm³/mol. The van der Waals surface area contributed by atoms with Gasteiger partial charge in [-0.05, 0) is 24.5 Å².